The summed E-state index contributed by atoms with van der Waals surface area (Å²) >= 11 is 1.52. The Bertz CT molecular complexity index is 540. The molecule has 7 nitrogen and oxygen atoms in total. The lowest BCUT2D eigenvalue weighted by Gasteiger charge is -2.36. The van der Waals surface area contributed by atoms with Gasteiger partial charge < -0.3 is 20.0 Å². The quantitative estimate of drug-likeness (QED) is 0.239. The molecule has 0 radical (unpaired) electrons. The average Bonchev–Trinajstić information content (AvgIpc) is 3.17. The summed E-state index contributed by atoms with van der Waals surface area (Å²) in [5.41, 5.74) is 0. The molecule has 9 heteroatoms. The number of halogens is 1. The van der Waals surface area contributed by atoms with Crippen LogP contribution in [0.15, 0.2) is 4.99 Å². The Morgan fingerprint density at radius 3 is 2.41 bits per heavy atom. The van der Waals surface area contributed by atoms with Crippen LogP contribution in [0.1, 0.15) is 39.4 Å². The van der Waals surface area contributed by atoms with E-state index in [1.807, 2.05) is 7.05 Å². The SMILES string of the molecule is CCc1nsc(N2CCN(C(=NC)NCCCCN(CC)CC)CC2)n1.I. The van der Waals surface area contributed by atoms with Crippen molar-refractivity contribution in [1.82, 2.24) is 24.5 Å². The molecule has 2 heterocycles. The molecule has 2 rings (SSSR count). The third kappa shape index (κ3) is 7.69. The summed E-state index contributed by atoms with van der Waals surface area (Å²) in [6, 6.07) is 0. The van der Waals surface area contributed by atoms with Crippen molar-refractivity contribution in [3.8, 4) is 0 Å². The molecular weight excluding hydrogens is 473 g/mol. The molecule has 0 aromatic carbocycles. The van der Waals surface area contributed by atoms with Gasteiger partial charge in [-0.25, -0.2) is 4.98 Å². The van der Waals surface area contributed by atoms with Crippen molar-refractivity contribution in [1.29, 1.82) is 0 Å². The summed E-state index contributed by atoms with van der Waals surface area (Å²) in [6.07, 6.45) is 3.32. The van der Waals surface area contributed by atoms with E-state index < -0.39 is 0 Å². The van der Waals surface area contributed by atoms with Crippen LogP contribution in [0.25, 0.3) is 0 Å². The number of aryl methyl sites for hydroxylation is 1. The highest BCUT2D eigenvalue weighted by Gasteiger charge is 2.21. The van der Waals surface area contributed by atoms with Gasteiger partial charge in [-0.2, -0.15) is 4.37 Å². The van der Waals surface area contributed by atoms with E-state index >= 15 is 0 Å². The van der Waals surface area contributed by atoms with Crippen LogP contribution in [-0.2, 0) is 6.42 Å². The molecule has 1 aromatic rings. The van der Waals surface area contributed by atoms with Crippen LogP contribution in [0.3, 0.4) is 0 Å². The molecule has 0 aliphatic carbocycles. The Hall–Kier alpha value is -0.680. The highest BCUT2D eigenvalue weighted by atomic mass is 127. The largest absolute Gasteiger partial charge is 0.356 e. The minimum absolute atomic E-state index is 0. The lowest BCUT2D eigenvalue weighted by molar-refractivity contribution is 0.296. The van der Waals surface area contributed by atoms with Crippen LogP contribution in [0.2, 0.25) is 0 Å². The van der Waals surface area contributed by atoms with Gasteiger partial charge in [0.2, 0.25) is 5.13 Å². The van der Waals surface area contributed by atoms with Crippen molar-refractivity contribution in [3.63, 3.8) is 0 Å². The van der Waals surface area contributed by atoms with Gasteiger partial charge in [0.15, 0.2) is 5.96 Å². The van der Waals surface area contributed by atoms with E-state index in [-0.39, 0.29) is 24.0 Å². The van der Waals surface area contributed by atoms with Gasteiger partial charge in [0, 0.05) is 57.7 Å². The molecule has 1 aliphatic rings. The van der Waals surface area contributed by atoms with E-state index in [1.165, 1.54) is 30.9 Å². The number of hydrogen-bond donors (Lipinski definition) is 1. The minimum atomic E-state index is 0. The Kier molecular flexibility index (Phi) is 12.2. The molecule has 1 fully saturated rings. The second kappa shape index (κ2) is 13.5. The summed E-state index contributed by atoms with van der Waals surface area (Å²) in [6.45, 7) is 14.9. The first kappa shape index (κ1) is 24.4. The molecule has 0 atom stereocenters. The third-order valence-electron chi connectivity index (χ3n) is 4.91. The summed E-state index contributed by atoms with van der Waals surface area (Å²) in [4.78, 5) is 16.2. The van der Waals surface area contributed by atoms with E-state index in [9.17, 15) is 0 Å². The van der Waals surface area contributed by atoms with Gasteiger partial charge in [0.05, 0.1) is 0 Å². The zero-order valence-corrected chi connectivity index (χ0v) is 20.4. The predicted molar refractivity (Wildman–Crippen MR) is 127 cm³/mol. The molecule has 0 saturated carbocycles. The zero-order chi connectivity index (χ0) is 18.8. The first-order valence-electron chi connectivity index (χ1n) is 9.97. The van der Waals surface area contributed by atoms with Crippen LogP contribution >= 0.6 is 35.5 Å². The van der Waals surface area contributed by atoms with Gasteiger partial charge in [-0.3, -0.25) is 4.99 Å². The standard InChI is InChI=1S/C18H35N7S.HI/c1-5-16-21-18(26-22-16)25-14-12-24(13-15-25)17(19-4)20-10-8-9-11-23(6-2)7-3;/h5-15H2,1-4H3,(H,19,20);1H. The fraction of sp³-hybridized carbons (Fsp3) is 0.833. The van der Waals surface area contributed by atoms with Crippen molar-refractivity contribution >= 4 is 46.6 Å². The van der Waals surface area contributed by atoms with Crippen LogP contribution in [0, 0.1) is 0 Å². The van der Waals surface area contributed by atoms with Crippen LogP contribution in [0.4, 0.5) is 5.13 Å². The molecule has 0 bridgehead atoms. The van der Waals surface area contributed by atoms with E-state index in [0.29, 0.717) is 0 Å². The molecule has 0 unspecified atom stereocenters. The Balaban J connectivity index is 0.00000364. The summed E-state index contributed by atoms with van der Waals surface area (Å²) in [5.74, 6) is 1.98. The molecule has 1 saturated heterocycles. The van der Waals surface area contributed by atoms with Crippen LogP contribution < -0.4 is 10.2 Å². The fourth-order valence-electron chi connectivity index (χ4n) is 3.16. The normalized spacial score (nSPS) is 15.2. The number of guanidine groups is 1. The number of anilines is 1. The number of aromatic nitrogens is 2. The zero-order valence-electron chi connectivity index (χ0n) is 17.3. The number of unbranched alkanes of at least 4 members (excludes halogenated alkanes) is 1. The van der Waals surface area contributed by atoms with Gasteiger partial charge in [0.25, 0.3) is 0 Å². The second-order valence-electron chi connectivity index (χ2n) is 6.53. The van der Waals surface area contributed by atoms with Crippen molar-refractivity contribution in [3.05, 3.63) is 5.82 Å². The Morgan fingerprint density at radius 2 is 1.85 bits per heavy atom. The van der Waals surface area contributed by atoms with Gasteiger partial charge in [-0.1, -0.05) is 20.8 Å². The smallest absolute Gasteiger partial charge is 0.205 e. The van der Waals surface area contributed by atoms with Crippen molar-refractivity contribution < 1.29 is 0 Å². The van der Waals surface area contributed by atoms with E-state index in [0.717, 1.165) is 69.1 Å². The maximum atomic E-state index is 4.61. The molecule has 0 amide bonds. The van der Waals surface area contributed by atoms with Crippen LogP contribution in [-0.4, -0.2) is 84.5 Å². The first-order valence-corrected chi connectivity index (χ1v) is 10.7. The lowest BCUT2D eigenvalue weighted by Crippen LogP contribution is -2.52. The second-order valence-corrected chi connectivity index (χ2v) is 7.26. The van der Waals surface area contributed by atoms with Crippen molar-refractivity contribution in [2.45, 2.75) is 40.0 Å². The fourth-order valence-corrected chi connectivity index (χ4v) is 3.96. The Labute approximate surface area is 185 Å². The Morgan fingerprint density at radius 1 is 1.15 bits per heavy atom. The van der Waals surface area contributed by atoms with E-state index in [1.54, 1.807) is 0 Å². The highest BCUT2D eigenvalue weighted by molar-refractivity contribution is 14.0. The molecular formula is C18H36IN7S. The number of rotatable bonds is 9. The number of nitrogens with one attached hydrogen (secondary N) is 1. The predicted octanol–water partition coefficient (Wildman–Crippen LogP) is 2.54. The minimum Gasteiger partial charge on any atom is -0.356 e. The topological polar surface area (TPSA) is 59.9 Å². The maximum absolute atomic E-state index is 4.61. The van der Waals surface area contributed by atoms with Gasteiger partial charge in [0.1, 0.15) is 5.82 Å². The molecule has 156 valence electrons. The highest BCUT2D eigenvalue weighted by Crippen LogP contribution is 2.19. The molecule has 1 N–H and O–H groups in total. The number of piperazine rings is 1. The third-order valence-corrected chi connectivity index (χ3v) is 5.73. The lowest BCUT2D eigenvalue weighted by atomic mass is 10.3. The first-order chi connectivity index (χ1) is 12.7. The summed E-state index contributed by atoms with van der Waals surface area (Å²) in [5, 5.41) is 4.59. The number of nitrogens with zero attached hydrogens (tertiary/aromatic N) is 6. The maximum Gasteiger partial charge on any atom is 0.205 e. The van der Waals surface area contributed by atoms with Crippen molar-refractivity contribution in [2.24, 2.45) is 4.99 Å². The molecule has 1 aliphatic heterocycles. The summed E-state index contributed by atoms with van der Waals surface area (Å²) < 4.78 is 4.40. The summed E-state index contributed by atoms with van der Waals surface area (Å²) in [7, 11) is 1.88. The van der Waals surface area contributed by atoms with Crippen LogP contribution in [0.5, 0.6) is 0 Å². The van der Waals surface area contributed by atoms with Gasteiger partial charge in [-0.05, 0) is 32.5 Å². The number of hydrogen-bond acceptors (Lipinski definition) is 6. The van der Waals surface area contributed by atoms with Gasteiger partial charge in [-0.15, -0.1) is 24.0 Å². The van der Waals surface area contributed by atoms with Crippen molar-refractivity contribution in [2.75, 3.05) is 64.3 Å². The average molecular weight is 510 g/mol. The molecule has 27 heavy (non-hydrogen) atoms. The number of aliphatic imine (C=N–C) groups is 1. The van der Waals surface area contributed by atoms with Gasteiger partial charge >= 0.3 is 0 Å². The molecule has 1 aromatic heterocycles. The van der Waals surface area contributed by atoms with E-state index in [2.05, 4.69) is 55.1 Å². The molecule has 0 spiro atoms. The monoisotopic (exact) mass is 509 g/mol. The van der Waals surface area contributed by atoms with E-state index in [4.69, 9.17) is 0 Å².